The Morgan fingerprint density at radius 3 is 2.71 bits per heavy atom. The summed E-state index contributed by atoms with van der Waals surface area (Å²) in [6, 6.07) is 6.10. The van der Waals surface area contributed by atoms with Crippen LogP contribution >= 0.6 is 0 Å². The molecule has 1 aliphatic rings. The van der Waals surface area contributed by atoms with Crippen molar-refractivity contribution in [2.24, 2.45) is 0 Å². The topological polar surface area (TPSA) is 74.7 Å². The van der Waals surface area contributed by atoms with Crippen molar-refractivity contribution >= 4 is 15.7 Å². The molecular weight excluding hydrogens is 290 g/mol. The molecule has 0 aliphatic carbocycles. The highest BCUT2D eigenvalue weighted by molar-refractivity contribution is 7.91. The highest BCUT2D eigenvalue weighted by atomic mass is 32.2. The van der Waals surface area contributed by atoms with Crippen molar-refractivity contribution in [2.75, 3.05) is 18.9 Å². The molecule has 1 atom stereocenters. The van der Waals surface area contributed by atoms with E-state index in [-0.39, 0.29) is 34.8 Å². The number of likely N-dealkylation sites (tertiary alicyclic amines) is 1. The zero-order valence-corrected chi connectivity index (χ0v) is 13.0. The summed E-state index contributed by atoms with van der Waals surface area (Å²) in [7, 11) is -3.45. The van der Waals surface area contributed by atoms with Gasteiger partial charge in [0.2, 0.25) is 0 Å². The van der Waals surface area contributed by atoms with E-state index in [1.54, 1.807) is 30.0 Å². The van der Waals surface area contributed by atoms with E-state index in [0.29, 0.717) is 6.54 Å². The lowest BCUT2D eigenvalue weighted by Gasteiger charge is -2.35. The maximum atomic E-state index is 12.7. The van der Waals surface area contributed by atoms with Gasteiger partial charge in [0.25, 0.3) is 5.91 Å². The highest BCUT2D eigenvalue weighted by Crippen LogP contribution is 2.23. The van der Waals surface area contributed by atoms with Gasteiger partial charge in [0, 0.05) is 6.54 Å². The minimum atomic E-state index is -3.45. The Balaban J connectivity index is 2.40. The Hall–Kier alpha value is -1.40. The first kappa shape index (κ1) is 16.0. The molecule has 116 valence electrons. The number of piperidine rings is 1. The monoisotopic (exact) mass is 311 g/mol. The van der Waals surface area contributed by atoms with Gasteiger partial charge in [0.05, 0.1) is 28.9 Å². The molecule has 0 aromatic heterocycles. The summed E-state index contributed by atoms with van der Waals surface area (Å²) in [6.07, 6.45) is 2.61. The Morgan fingerprint density at radius 1 is 1.33 bits per heavy atom. The third kappa shape index (κ3) is 3.27. The summed E-state index contributed by atoms with van der Waals surface area (Å²) in [6.45, 7) is 2.03. The summed E-state index contributed by atoms with van der Waals surface area (Å²) in [4.78, 5) is 14.4. The van der Waals surface area contributed by atoms with Crippen molar-refractivity contribution in [3.63, 3.8) is 0 Å². The predicted molar refractivity (Wildman–Crippen MR) is 79.9 cm³/mol. The number of aliphatic hydroxyl groups is 1. The van der Waals surface area contributed by atoms with E-state index < -0.39 is 9.84 Å². The van der Waals surface area contributed by atoms with Gasteiger partial charge in [-0.25, -0.2) is 8.42 Å². The van der Waals surface area contributed by atoms with Crippen LogP contribution in [0.15, 0.2) is 29.2 Å². The molecule has 21 heavy (non-hydrogen) atoms. The summed E-state index contributed by atoms with van der Waals surface area (Å²) < 4.78 is 24.3. The number of nitrogens with zero attached hydrogens (tertiary/aromatic N) is 1. The van der Waals surface area contributed by atoms with Gasteiger partial charge in [-0.1, -0.05) is 19.1 Å². The third-order valence-electron chi connectivity index (χ3n) is 3.93. The van der Waals surface area contributed by atoms with E-state index >= 15 is 0 Å². The molecule has 1 aromatic rings. The quantitative estimate of drug-likeness (QED) is 0.913. The number of sulfone groups is 1. The van der Waals surface area contributed by atoms with E-state index in [0.717, 1.165) is 19.3 Å². The second-order valence-electron chi connectivity index (χ2n) is 5.23. The molecule has 2 rings (SSSR count). The van der Waals surface area contributed by atoms with Crippen molar-refractivity contribution < 1.29 is 18.3 Å². The first-order valence-corrected chi connectivity index (χ1v) is 8.90. The van der Waals surface area contributed by atoms with Gasteiger partial charge < -0.3 is 10.0 Å². The lowest BCUT2D eigenvalue weighted by Crippen LogP contribution is -2.46. The van der Waals surface area contributed by atoms with Crippen molar-refractivity contribution in [1.29, 1.82) is 0 Å². The number of carbonyl (C=O) groups excluding carboxylic acids is 1. The van der Waals surface area contributed by atoms with Gasteiger partial charge in [-0.2, -0.15) is 0 Å². The number of hydrogen-bond acceptors (Lipinski definition) is 4. The van der Waals surface area contributed by atoms with Crippen molar-refractivity contribution in [2.45, 2.75) is 37.1 Å². The highest BCUT2D eigenvalue weighted by Gasteiger charge is 2.30. The van der Waals surface area contributed by atoms with Gasteiger partial charge in [-0.05, 0) is 31.4 Å². The number of benzene rings is 1. The SMILES string of the molecule is CCS(=O)(=O)c1ccccc1C(=O)N1CCCCC1CO. The molecule has 5 nitrogen and oxygen atoms in total. The van der Waals surface area contributed by atoms with Crippen LogP contribution in [0.5, 0.6) is 0 Å². The Labute approximate surface area is 125 Å². The van der Waals surface area contributed by atoms with Crippen LogP contribution in [0.2, 0.25) is 0 Å². The predicted octanol–water partition coefficient (Wildman–Crippen LogP) is 1.47. The number of carbonyl (C=O) groups is 1. The molecule has 0 radical (unpaired) electrons. The fourth-order valence-corrected chi connectivity index (χ4v) is 3.77. The molecule has 0 spiro atoms. The van der Waals surface area contributed by atoms with Crippen LogP contribution < -0.4 is 0 Å². The zero-order valence-electron chi connectivity index (χ0n) is 12.2. The van der Waals surface area contributed by atoms with E-state index in [4.69, 9.17) is 0 Å². The van der Waals surface area contributed by atoms with Gasteiger partial charge in [0.15, 0.2) is 9.84 Å². The molecule has 1 unspecified atom stereocenters. The van der Waals surface area contributed by atoms with E-state index in [1.807, 2.05) is 0 Å². The molecule has 1 N–H and O–H groups in total. The van der Waals surface area contributed by atoms with E-state index in [2.05, 4.69) is 0 Å². The first-order chi connectivity index (χ1) is 10.0. The number of amides is 1. The molecule has 1 aromatic carbocycles. The third-order valence-corrected chi connectivity index (χ3v) is 5.72. The second-order valence-corrected chi connectivity index (χ2v) is 7.48. The fraction of sp³-hybridized carbons (Fsp3) is 0.533. The normalized spacial score (nSPS) is 19.5. The Kier molecular flexibility index (Phi) is 5.00. The van der Waals surface area contributed by atoms with Gasteiger partial charge in [-0.15, -0.1) is 0 Å². The van der Waals surface area contributed by atoms with Crippen LogP contribution in [0, 0.1) is 0 Å². The minimum absolute atomic E-state index is 0.0410. The average Bonchev–Trinajstić information content (AvgIpc) is 2.54. The minimum Gasteiger partial charge on any atom is -0.394 e. The van der Waals surface area contributed by atoms with Crippen molar-refractivity contribution in [3.05, 3.63) is 29.8 Å². The molecule has 0 saturated carbocycles. The fourth-order valence-electron chi connectivity index (χ4n) is 2.68. The summed E-state index contributed by atoms with van der Waals surface area (Å²) in [5, 5.41) is 9.42. The molecule has 1 amide bonds. The zero-order chi connectivity index (χ0) is 15.5. The van der Waals surface area contributed by atoms with Gasteiger partial charge >= 0.3 is 0 Å². The molecule has 1 fully saturated rings. The lowest BCUT2D eigenvalue weighted by molar-refractivity contribution is 0.0499. The van der Waals surface area contributed by atoms with Crippen LogP contribution in [0.4, 0.5) is 0 Å². The number of aliphatic hydroxyl groups excluding tert-OH is 1. The van der Waals surface area contributed by atoms with Crippen LogP contribution in [-0.4, -0.2) is 49.3 Å². The molecule has 1 saturated heterocycles. The van der Waals surface area contributed by atoms with Crippen LogP contribution in [-0.2, 0) is 9.84 Å². The van der Waals surface area contributed by atoms with Crippen LogP contribution in [0.25, 0.3) is 0 Å². The number of hydrogen-bond donors (Lipinski definition) is 1. The maximum absolute atomic E-state index is 12.7. The lowest BCUT2D eigenvalue weighted by atomic mass is 10.0. The smallest absolute Gasteiger partial charge is 0.255 e. The summed E-state index contributed by atoms with van der Waals surface area (Å²) in [5.74, 6) is -0.345. The van der Waals surface area contributed by atoms with Crippen LogP contribution in [0.3, 0.4) is 0 Å². The van der Waals surface area contributed by atoms with Crippen molar-refractivity contribution in [1.82, 2.24) is 4.90 Å². The van der Waals surface area contributed by atoms with Crippen LogP contribution in [0.1, 0.15) is 36.5 Å². The molecule has 1 heterocycles. The second kappa shape index (κ2) is 6.58. The van der Waals surface area contributed by atoms with Crippen molar-refractivity contribution in [3.8, 4) is 0 Å². The number of rotatable bonds is 4. The standard InChI is InChI=1S/C15H21NO4S/c1-2-21(19,20)14-9-4-3-8-13(14)15(18)16-10-6-5-7-12(16)11-17/h3-4,8-9,12,17H,2,5-7,10-11H2,1H3. The molecule has 6 heteroatoms. The molecular formula is C15H21NO4S. The average molecular weight is 311 g/mol. The maximum Gasteiger partial charge on any atom is 0.255 e. The van der Waals surface area contributed by atoms with E-state index in [9.17, 15) is 18.3 Å². The van der Waals surface area contributed by atoms with Gasteiger partial charge in [0.1, 0.15) is 0 Å². The Bertz CT molecular complexity index is 612. The first-order valence-electron chi connectivity index (χ1n) is 7.25. The van der Waals surface area contributed by atoms with Gasteiger partial charge in [-0.3, -0.25) is 4.79 Å². The summed E-state index contributed by atoms with van der Waals surface area (Å²) in [5.41, 5.74) is 0.208. The van der Waals surface area contributed by atoms with E-state index in [1.165, 1.54) is 6.07 Å². The molecule has 1 aliphatic heterocycles. The summed E-state index contributed by atoms with van der Waals surface area (Å²) >= 11 is 0. The molecule has 0 bridgehead atoms. The Morgan fingerprint density at radius 2 is 2.05 bits per heavy atom. The largest absolute Gasteiger partial charge is 0.394 e.